The Kier molecular flexibility index (Phi) is 3.52. The van der Waals surface area contributed by atoms with Crippen LogP contribution in [-0.2, 0) is 6.54 Å². The van der Waals surface area contributed by atoms with Crippen molar-refractivity contribution in [1.29, 1.82) is 0 Å². The molecule has 0 aliphatic heterocycles. The van der Waals surface area contributed by atoms with Crippen molar-refractivity contribution in [3.8, 4) is 0 Å². The Morgan fingerprint density at radius 2 is 2.00 bits per heavy atom. The van der Waals surface area contributed by atoms with E-state index in [1.165, 1.54) is 12.3 Å². The van der Waals surface area contributed by atoms with E-state index in [2.05, 4.69) is 9.97 Å². The Morgan fingerprint density at radius 1 is 1.28 bits per heavy atom. The van der Waals surface area contributed by atoms with Gasteiger partial charge in [0.2, 0.25) is 5.95 Å². The molecule has 0 spiro atoms. The predicted molar refractivity (Wildman–Crippen MR) is 67.5 cm³/mol. The van der Waals surface area contributed by atoms with Crippen LogP contribution in [0.3, 0.4) is 0 Å². The molecule has 0 fully saturated rings. The number of aromatic carboxylic acids is 1. The van der Waals surface area contributed by atoms with E-state index >= 15 is 0 Å². The minimum atomic E-state index is -1.05. The van der Waals surface area contributed by atoms with Gasteiger partial charge in [0.05, 0.1) is 0 Å². The first-order valence-electron chi connectivity index (χ1n) is 5.48. The third kappa shape index (κ3) is 2.82. The molecule has 0 atom stereocenters. The summed E-state index contributed by atoms with van der Waals surface area (Å²) in [5, 5.41) is 8.87. The Hall–Kier alpha value is -2.43. The van der Waals surface area contributed by atoms with Crippen molar-refractivity contribution in [3.05, 3.63) is 53.9 Å². The molecule has 5 nitrogen and oxygen atoms in total. The molecule has 0 bridgehead atoms. The fraction of sp³-hybridized carbons (Fsp3) is 0.154. The lowest BCUT2D eigenvalue weighted by molar-refractivity contribution is 0.0690. The Morgan fingerprint density at radius 3 is 2.67 bits per heavy atom. The van der Waals surface area contributed by atoms with Gasteiger partial charge in [-0.25, -0.2) is 14.8 Å². The molecular formula is C13H13N3O2. The summed E-state index contributed by atoms with van der Waals surface area (Å²) in [6.45, 7) is 0.629. The van der Waals surface area contributed by atoms with E-state index in [0.717, 1.165) is 5.56 Å². The van der Waals surface area contributed by atoms with Gasteiger partial charge < -0.3 is 10.0 Å². The van der Waals surface area contributed by atoms with Gasteiger partial charge in [-0.2, -0.15) is 0 Å². The van der Waals surface area contributed by atoms with Gasteiger partial charge in [0.1, 0.15) is 0 Å². The van der Waals surface area contributed by atoms with E-state index in [9.17, 15) is 4.79 Å². The third-order valence-corrected chi connectivity index (χ3v) is 2.47. The van der Waals surface area contributed by atoms with Crippen molar-refractivity contribution in [2.45, 2.75) is 6.54 Å². The number of aromatic nitrogens is 2. The van der Waals surface area contributed by atoms with E-state index in [1.807, 2.05) is 42.3 Å². The van der Waals surface area contributed by atoms with Gasteiger partial charge in [0, 0.05) is 19.8 Å². The minimum absolute atomic E-state index is 0.0000818. The lowest BCUT2D eigenvalue weighted by atomic mass is 10.2. The third-order valence-electron chi connectivity index (χ3n) is 2.47. The van der Waals surface area contributed by atoms with E-state index in [1.54, 1.807) is 0 Å². The van der Waals surface area contributed by atoms with Crippen molar-refractivity contribution < 1.29 is 9.90 Å². The molecule has 1 aromatic heterocycles. The second-order valence-corrected chi connectivity index (χ2v) is 3.89. The van der Waals surface area contributed by atoms with Crippen LogP contribution in [0.2, 0.25) is 0 Å². The number of rotatable bonds is 4. The molecule has 18 heavy (non-hydrogen) atoms. The van der Waals surface area contributed by atoms with Crippen LogP contribution in [0.25, 0.3) is 0 Å². The molecule has 2 rings (SSSR count). The highest BCUT2D eigenvalue weighted by Crippen LogP contribution is 2.10. The summed E-state index contributed by atoms with van der Waals surface area (Å²) in [5.74, 6) is -0.648. The van der Waals surface area contributed by atoms with Gasteiger partial charge in [-0.15, -0.1) is 0 Å². The van der Waals surface area contributed by atoms with Gasteiger partial charge in [0.15, 0.2) is 5.69 Å². The fourth-order valence-corrected chi connectivity index (χ4v) is 1.58. The normalized spacial score (nSPS) is 10.1. The number of benzene rings is 1. The highest BCUT2D eigenvalue weighted by atomic mass is 16.4. The van der Waals surface area contributed by atoms with Crippen LogP contribution in [0.1, 0.15) is 16.1 Å². The van der Waals surface area contributed by atoms with Crippen LogP contribution in [0, 0.1) is 0 Å². The number of anilines is 1. The SMILES string of the molecule is CN(Cc1ccccc1)c1nccc(C(=O)O)n1. The maximum Gasteiger partial charge on any atom is 0.354 e. The zero-order valence-electron chi connectivity index (χ0n) is 9.95. The smallest absolute Gasteiger partial charge is 0.354 e. The van der Waals surface area contributed by atoms with Gasteiger partial charge in [-0.1, -0.05) is 30.3 Å². The number of carbonyl (C=O) groups is 1. The Labute approximate surface area is 105 Å². The van der Waals surface area contributed by atoms with Crippen molar-refractivity contribution >= 4 is 11.9 Å². The number of hydrogen-bond donors (Lipinski definition) is 1. The Bertz CT molecular complexity index is 543. The lowest BCUT2D eigenvalue weighted by Crippen LogP contribution is -2.20. The van der Waals surface area contributed by atoms with E-state index in [0.29, 0.717) is 12.5 Å². The number of carboxylic acids is 1. The summed E-state index contributed by atoms with van der Waals surface area (Å²) in [5.41, 5.74) is 1.12. The standard InChI is InChI=1S/C13H13N3O2/c1-16(9-10-5-3-2-4-6-10)13-14-8-7-11(15-13)12(17)18/h2-8H,9H2,1H3,(H,17,18). The Balaban J connectivity index is 2.16. The molecule has 1 aromatic carbocycles. The molecule has 0 saturated heterocycles. The van der Waals surface area contributed by atoms with E-state index < -0.39 is 5.97 Å². The number of hydrogen-bond acceptors (Lipinski definition) is 4. The maximum atomic E-state index is 10.8. The number of carboxylic acid groups (broad SMARTS) is 1. The highest BCUT2D eigenvalue weighted by molar-refractivity contribution is 5.85. The average molecular weight is 243 g/mol. The van der Waals surface area contributed by atoms with Gasteiger partial charge in [-0.3, -0.25) is 0 Å². The maximum absolute atomic E-state index is 10.8. The van der Waals surface area contributed by atoms with Crippen LogP contribution in [0.15, 0.2) is 42.6 Å². The summed E-state index contributed by atoms with van der Waals surface area (Å²) in [6.07, 6.45) is 1.45. The monoisotopic (exact) mass is 243 g/mol. The predicted octanol–water partition coefficient (Wildman–Crippen LogP) is 1.81. The summed E-state index contributed by atoms with van der Waals surface area (Å²) in [6, 6.07) is 11.2. The molecule has 1 heterocycles. The first-order chi connectivity index (χ1) is 8.66. The van der Waals surface area contributed by atoms with Crippen LogP contribution in [0.5, 0.6) is 0 Å². The topological polar surface area (TPSA) is 66.3 Å². The summed E-state index contributed by atoms with van der Waals surface area (Å²) >= 11 is 0. The van der Waals surface area contributed by atoms with Crippen LogP contribution < -0.4 is 4.90 Å². The zero-order valence-corrected chi connectivity index (χ0v) is 9.95. The molecule has 92 valence electrons. The van der Waals surface area contributed by atoms with Gasteiger partial charge >= 0.3 is 5.97 Å². The summed E-state index contributed by atoms with van der Waals surface area (Å²) in [7, 11) is 1.83. The van der Waals surface area contributed by atoms with Crippen LogP contribution in [-0.4, -0.2) is 28.1 Å². The highest BCUT2D eigenvalue weighted by Gasteiger charge is 2.09. The van der Waals surface area contributed by atoms with E-state index in [4.69, 9.17) is 5.11 Å². The van der Waals surface area contributed by atoms with Crippen LogP contribution in [0.4, 0.5) is 5.95 Å². The first-order valence-corrected chi connectivity index (χ1v) is 5.48. The quantitative estimate of drug-likeness (QED) is 0.887. The second kappa shape index (κ2) is 5.27. The van der Waals surface area contributed by atoms with Gasteiger partial charge in [-0.05, 0) is 11.6 Å². The molecule has 0 saturated carbocycles. The van der Waals surface area contributed by atoms with Gasteiger partial charge in [0.25, 0.3) is 0 Å². The van der Waals surface area contributed by atoms with Crippen molar-refractivity contribution in [3.63, 3.8) is 0 Å². The van der Waals surface area contributed by atoms with Crippen molar-refractivity contribution in [2.24, 2.45) is 0 Å². The average Bonchev–Trinajstić information content (AvgIpc) is 2.40. The molecular weight excluding hydrogens is 230 g/mol. The molecule has 0 amide bonds. The summed E-state index contributed by atoms with van der Waals surface area (Å²) < 4.78 is 0. The first kappa shape index (κ1) is 12.0. The molecule has 0 aliphatic rings. The minimum Gasteiger partial charge on any atom is -0.477 e. The lowest BCUT2D eigenvalue weighted by Gasteiger charge is -2.16. The molecule has 0 unspecified atom stereocenters. The molecule has 1 N–H and O–H groups in total. The number of nitrogens with zero attached hydrogens (tertiary/aromatic N) is 3. The molecule has 0 aliphatic carbocycles. The van der Waals surface area contributed by atoms with Crippen LogP contribution >= 0.6 is 0 Å². The molecule has 2 aromatic rings. The van der Waals surface area contributed by atoms with E-state index in [-0.39, 0.29) is 5.69 Å². The summed E-state index contributed by atoms with van der Waals surface area (Å²) in [4.78, 5) is 20.7. The molecule has 5 heteroatoms. The second-order valence-electron chi connectivity index (χ2n) is 3.89. The fourth-order valence-electron chi connectivity index (χ4n) is 1.58. The van der Waals surface area contributed by atoms with Crippen molar-refractivity contribution in [2.75, 3.05) is 11.9 Å². The zero-order chi connectivity index (χ0) is 13.0. The molecule has 0 radical (unpaired) electrons. The van der Waals surface area contributed by atoms with Crippen molar-refractivity contribution in [1.82, 2.24) is 9.97 Å². The largest absolute Gasteiger partial charge is 0.477 e.